The van der Waals surface area contributed by atoms with Crippen LogP contribution in [0.25, 0.3) is 10.9 Å². The number of hydrogen-bond acceptors (Lipinski definition) is 1. The number of fused-ring (bicyclic) bond motifs is 1. The molecule has 1 aromatic heterocycles. The van der Waals surface area contributed by atoms with Gasteiger partial charge in [-0.2, -0.15) is 0 Å². The van der Waals surface area contributed by atoms with E-state index in [1.165, 1.54) is 0 Å². The van der Waals surface area contributed by atoms with E-state index in [2.05, 4.69) is 5.32 Å². The van der Waals surface area contributed by atoms with E-state index in [0.29, 0.717) is 28.0 Å². The molecule has 1 amide bonds. The smallest absolute Gasteiger partial charge is 0.272 e. The SMILES string of the molecule is CCn1c(C(=O)Nc2c(Cl)cccc2Cl)c(C)c2ccccc21. The molecule has 1 heterocycles. The average Bonchev–Trinajstić information content (AvgIpc) is 2.83. The number of amides is 1. The highest BCUT2D eigenvalue weighted by molar-refractivity contribution is 6.40. The van der Waals surface area contributed by atoms with Gasteiger partial charge < -0.3 is 9.88 Å². The maximum atomic E-state index is 12.8. The topological polar surface area (TPSA) is 34.0 Å². The molecule has 0 aliphatic heterocycles. The van der Waals surface area contributed by atoms with Gasteiger partial charge in [0.2, 0.25) is 0 Å². The molecule has 3 nitrogen and oxygen atoms in total. The van der Waals surface area contributed by atoms with Crippen molar-refractivity contribution in [1.29, 1.82) is 0 Å². The highest BCUT2D eigenvalue weighted by atomic mass is 35.5. The number of nitrogens with zero attached hydrogens (tertiary/aromatic N) is 1. The summed E-state index contributed by atoms with van der Waals surface area (Å²) in [5, 5.41) is 4.76. The van der Waals surface area contributed by atoms with Crippen molar-refractivity contribution >= 4 is 45.7 Å². The van der Waals surface area contributed by atoms with Crippen LogP contribution in [0.4, 0.5) is 5.69 Å². The predicted octanol–water partition coefficient (Wildman–Crippen LogP) is 5.53. The molecule has 0 atom stereocenters. The summed E-state index contributed by atoms with van der Waals surface area (Å²) < 4.78 is 2.00. The summed E-state index contributed by atoms with van der Waals surface area (Å²) in [7, 11) is 0. The third-order valence-electron chi connectivity index (χ3n) is 3.96. The highest BCUT2D eigenvalue weighted by Crippen LogP contribution is 2.32. The quantitative estimate of drug-likeness (QED) is 0.664. The summed E-state index contributed by atoms with van der Waals surface area (Å²) in [4.78, 5) is 12.8. The van der Waals surface area contributed by atoms with Crippen molar-refractivity contribution in [3.05, 3.63) is 63.8 Å². The Bertz CT molecular complexity index is 879. The van der Waals surface area contributed by atoms with Crippen LogP contribution in [0, 0.1) is 6.92 Å². The number of halogens is 2. The Balaban J connectivity index is 2.10. The molecule has 0 radical (unpaired) electrons. The van der Waals surface area contributed by atoms with Gasteiger partial charge in [-0.3, -0.25) is 4.79 Å². The first kappa shape index (κ1) is 15.9. The number of benzene rings is 2. The average molecular weight is 347 g/mol. The van der Waals surface area contributed by atoms with E-state index < -0.39 is 0 Å². The summed E-state index contributed by atoms with van der Waals surface area (Å²) in [6.45, 7) is 4.68. The van der Waals surface area contributed by atoms with Crippen LogP contribution < -0.4 is 5.32 Å². The molecular weight excluding hydrogens is 331 g/mol. The normalized spacial score (nSPS) is 11.0. The van der Waals surface area contributed by atoms with Gasteiger partial charge in [0.25, 0.3) is 5.91 Å². The van der Waals surface area contributed by atoms with E-state index in [1.807, 2.05) is 42.7 Å². The molecule has 1 N–H and O–H groups in total. The van der Waals surface area contributed by atoms with Gasteiger partial charge in [0.15, 0.2) is 0 Å². The number of aryl methyl sites for hydroxylation is 2. The molecule has 0 saturated heterocycles. The van der Waals surface area contributed by atoms with Crippen molar-refractivity contribution in [3.8, 4) is 0 Å². The maximum absolute atomic E-state index is 12.8. The summed E-state index contributed by atoms with van der Waals surface area (Å²) >= 11 is 12.3. The minimum absolute atomic E-state index is 0.212. The largest absolute Gasteiger partial charge is 0.337 e. The predicted molar refractivity (Wildman–Crippen MR) is 96.8 cm³/mol. The number of hydrogen-bond donors (Lipinski definition) is 1. The number of nitrogens with one attached hydrogen (secondary N) is 1. The van der Waals surface area contributed by atoms with Crippen molar-refractivity contribution < 1.29 is 4.79 Å². The highest BCUT2D eigenvalue weighted by Gasteiger charge is 2.20. The summed E-state index contributed by atoms with van der Waals surface area (Å²) in [5.41, 5.74) is 3.06. The van der Waals surface area contributed by atoms with Crippen molar-refractivity contribution in [2.45, 2.75) is 20.4 Å². The second-order valence-corrected chi connectivity index (χ2v) is 6.10. The molecule has 118 valence electrons. The van der Waals surface area contributed by atoms with Crippen LogP contribution in [-0.4, -0.2) is 10.5 Å². The lowest BCUT2D eigenvalue weighted by Gasteiger charge is -2.12. The fourth-order valence-electron chi connectivity index (χ4n) is 2.89. The van der Waals surface area contributed by atoms with Crippen molar-refractivity contribution in [2.75, 3.05) is 5.32 Å². The standard InChI is InChI=1S/C18H16Cl2N2O/c1-3-22-15-10-5-4-7-12(15)11(2)17(22)18(23)21-16-13(19)8-6-9-14(16)20/h4-10H,3H2,1-2H3,(H,21,23). The second-order valence-electron chi connectivity index (χ2n) is 5.29. The van der Waals surface area contributed by atoms with E-state index in [1.54, 1.807) is 18.2 Å². The molecule has 2 aromatic carbocycles. The third kappa shape index (κ3) is 2.71. The zero-order valence-electron chi connectivity index (χ0n) is 12.9. The first-order chi connectivity index (χ1) is 11.0. The van der Waals surface area contributed by atoms with Crippen LogP contribution in [0.2, 0.25) is 10.0 Å². The number of carbonyl (C=O) groups excluding carboxylic acids is 1. The van der Waals surface area contributed by atoms with Gasteiger partial charge in [-0.1, -0.05) is 47.5 Å². The number of rotatable bonds is 3. The van der Waals surface area contributed by atoms with Gasteiger partial charge in [0, 0.05) is 17.4 Å². The van der Waals surface area contributed by atoms with Crippen LogP contribution in [0.5, 0.6) is 0 Å². The Hall–Kier alpha value is -1.97. The molecule has 3 rings (SSSR count). The van der Waals surface area contributed by atoms with E-state index in [0.717, 1.165) is 16.5 Å². The summed E-state index contributed by atoms with van der Waals surface area (Å²) in [6.07, 6.45) is 0. The van der Waals surface area contributed by atoms with Gasteiger partial charge in [-0.25, -0.2) is 0 Å². The zero-order chi connectivity index (χ0) is 16.6. The van der Waals surface area contributed by atoms with Crippen LogP contribution in [-0.2, 0) is 6.54 Å². The van der Waals surface area contributed by atoms with Gasteiger partial charge in [-0.15, -0.1) is 0 Å². The number of anilines is 1. The van der Waals surface area contributed by atoms with Gasteiger partial charge in [0.1, 0.15) is 5.69 Å². The first-order valence-corrected chi connectivity index (χ1v) is 8.13. The maximum Gasteiger partial charge on any atom is 0.272 e. The summed E-state index contributed by atoms with van der Waals surface area (Å²) in [5.74, 6) is -0.212. The molecule has 0 saturated carbocycles. The van der Waals surface area contributed by atoms with Gasteiger partial charge >= 0.3 is 0 Å². The van der Waals surface area contributed by atoms with E-state index in [9.17, 15) is 4.79 Å². The minimum atomic E-state index is -0.212. The number of aromatic nitrogens is 1. The van der Waals surface area contributed by atoms with Crippen LogP contribution >= 0.6 is 23.2 Å². The van der Waals surface area contributed by atoms with E-state index in [-0.39, 0.29) is 5.91 Å². The lowest BCUT2D eigenvalue weighted by atomic mass is 10.1. The second kappa shape index (κ2) is 6.26. The van der Waals surface area contributed by atoms with Crippen LogP contribution in [0.3, 0.4) is 0 Å². The molecule has 0 fully saturated rings. The molecule has 23 heavy (non-hydrogen) atoms. The van der Waals surface area contributed by atoms with Crippen molar-refractivity contribution in [3.63, 3.8) is 0 Å². The Morgan fingerprint density at radius 3 is 2.39 bits per heavy atom. The molecule has 0 aliphatic carbocycles. The molecule has 0 aliphatic rings. The Morgan fingerprint density at radius 2 is 1.74 bits per heavy atom. The van der Waals surface area contributed by atoms with Gasteiger partial charge in [-0.05, 0) is 37.6 Å². The number of carbonyl (C=O) groups is 1. The molecule has 0 bridgehead atoms. The van der Waals surface area contributed by atoms with Gasteiger partial charge in [0.05, 0.1) is 15.7 Å². The molecule has 3 aromatic rings. The first-order valence-electron chi connectivity index (χ1n) is 7.37. The third-order valence-corrected chi connectivity index (χ3v) is 4.59. The lowest BCUT2D eigenvalue weighted by Crippen LogP contribution is -2.18. The Labute approximate surface area is 144 Å². The Morgan fingerprint density at radius 1 is 1.09 bits per heavy atom. The lowest BCUT2D eigenvalue weighted by molar-refractivity contribution is 0.101. The zero-order valence-corrected chi connectivity index (χ0v) is 14.4. The fourth-order valence-corrected chi connectivity index (χ4v) is 3.38. The molecular formula is C18H16Cl2N2O. The van der Waals surface area contributed by atoms with E-state index in [4.69, 9.17) is 23.2 Å². The molecule has 0 unspecified atom stereocenters. The monoisotopic (exact) mass is 346 g/mol. The summed E-state index contributed by atoms with van der Waals surface area (Å²) in [6, 6.07) is 13.1. The fraction of sp³-hybridized carbons (Fsp3) is 0.167. The Kier molecular flexibility index (Phi) is 4.33. The minimum Gasteiger partial charge on any atom is -0.337 e. The molecule has 0 spiro atoms. The number of para-hydroxylation sites is 2. The van der Waals surface area contributed by atoms with Crippen LogP contribution in [0.15, 0.2) is 42.5 Å². The van der Waals surface area contributed by atoms with Crippen LogP contribution in [0.1, 0.15) is 23.0 Å². The van der Waals surface area contributed by atoms with Crippen molar-refractivity contribution in [1.82, 2.24) is 4.57 Å². The van der Waals surface area contributed by atoms with Crippen molar-refractivity contribution in [2.24, 2.45) is 0 Å². The molecule has 5 heteroatoms. The van der Waals surface area contributed by atoms with E-state index >= 15 is 0 Å².